The molecule has 2 aliphatic rings. The highest BCUT2D eigenvalue weighted by Gasteiger charge is 2.38. The summed E-state index contributed by atoms with van der Waals surface area (Å²) in [5.41, 5.74) is 0.532. The number of hydrogen-bond acceptors (Lipinski definition) is 2. The van der Waals surface area contributed by atoms with Gasteiger partial charge in [-0.05, 0) is 36.9 Å². The summed E-state index contributed by atoms with van der Waals surface area (Å²) in [6, 6.07) is 1.57. The van der Waals surface area contributed by atoms with Crippen molar-refractivity contribution in [3.8, 4) is 0 Å². The van der Waals surface area contributed by atoms with E-state index >= 15 is 0 Å². The van der Waals surface area contributed by atoms with E-state index in [-0.39, 0.29) is 0 Å². The first-order chi connectivity index (χ1) is 7.63. The molecule has 2 saturated carbocycles. The van der Waals surface area contributed by atoms with Crippen molar-refractivity contribution in [2.75, 3.05) is 5.75 Å². The van der Waals surface area contributed by atoms with Crippen molar-refractivity contribution in [3.05, 3.63) is 0 Å². The van der Waals surface area contributed by atoms with Crippen molar-refractivity contribution in [2.45, 2.75) is 76.6 Å². The van der Waals surface area contributed by atoms with Gasteiger partial charge in [-0.1, -0.05) is 33.6 Å². The van der Waals surface area contributed by atoms with E-state index in [9.17, 15) is 0 Å². The lowest BCUT2D eigenvalue weighted by Gasteiger charge is -2.32. The van der Waals surface area contributed by atoms with Crippen molar-refractivity contribution >= 4 is 11.8 Å². The third-order valence-electron chi connectivity index (χ3n) is 4.51. The molecule has 16 heavy (non-hydrogen) atoms. The van der Waals surface area contributed by atoms with E-state index in [1.165, 1.54) is 44.3 Å². The van der Waals surface area contributed by atoms with E-state index in [4.69, 9.17) is 0 Å². The first-order valence-corrected chi connectivity index (χ1v) is 8.06. The second kappa shape index (κ2) is 5.30. The van der Waals surface area contributed by atoms with Crippen LogP contribution in [0.1, 0.15) is 59.3 Å². The van der Waals surface area contributed by atoms with Gasteiger partial charge >= 0.3 is 0 Å². The molecule has 0 aromatic heterocycles. The van der Waals surface area contributed by atoms with Crippen molar-refractivity contribution in [2.24, 2.45) is 5.41 Å². The second-order valence-electron chi connectivity index (χ2n) is 6.13. The van der Waals surface area contributed by atoms with Gasteiger partial charge in [0.15, 0.2) is 0 Å². The van der Waals surface area contributed by atoms with Gasteiger partial charge in [-0.3, -0.25) is 0 Å². The van der Waals surface area contributed by atoms with Gasteiger partial charge in [-0.15, -0.1) is 0 Å². The van der Waals surface area contributed by atoms with E-state index in [1.807, 2.05) is 0 Å². The summed E-state index contributed by atoms with van der Waals surface area (Å²) < 4.78 is 0. The molecule has 0 heterocycles. The fourth-order valence-corrected chi connectivity index (χ4v) is 4.63. The van der Waals surface area contributed by atoms with Crippen LogP contribution >= 0.6 is 11.8 Å². The normalized spacial score (nSPS) is 38.1. The molecule has 1 N–H and O–H groups in total. The summed E-state index contributed by atoms with van der Waals surface area (Å²) in [6.07, 6.45) is 8.50. The van der Waals surface area contributed by atoms with Crippen molar-refractivity contribution in [1.82, 2.24) is 5.32 Å². The number of thioether (sulfide) groups is 1. The summed E-state index contributed by atoms with van der Waals surface area (Å²) >= 11 is 2.17. The lowest BCUT2D eigenvalue weighted by atomic mass is 9.87. The molecule has 3 atom stereocenters. The van der Waals surface area contributed by atoms with Crippen molar-refractivity contribution in [3.63, 3.8) is 0 Å². The fraction of sp³-hybridized carbons (Fsp3) is 1.00. The number of nitrogens with one attached hydrogen (secondary N) is 1. The van der Waals surface area contributed by atoms with Gasteiger partial charge in [0, 0.05) is 17.3 Å². The molecule has 2 fully saturated rings. The van der Waals surface area contributed by atoms with Crippen LogP contribution in [0, 0.1) is 5.41 Å². The molecule has 0 aliphatic heterocycles. The third kappa shape index (κ3) is 2.76. The van der Waals surface area contributed by atoms with E-state index in [0.29, 0.717) is 5.41 Å². The number of rotatable bonds is 4. The molecule has 0 bridgehead atoms. The molecule has 0 spiro atoms. The molecule has 94 valence electrons. The summed E-state index contributed by atoms with van der Waals surface area (Å²) in [7, 11) is 0. The predicted octanol–water partition coefficient (Wildman–Crippen LogP) is 3.83. The third-order valence-corrected chi connectivity index (χ3v) is 5.83. The number of hydrogen-bond donors (Lipinski definition) is 1. The van der Waals surface area contributed by atoms with Gasteiger partial charge in [0.05, 0.1) is 0 Å². The highest BCUT2D eigenvalue weighted by Crippen LogP contribution is 2.39. The molecule has 0 saturated heterocycles. The lowest BCUT2D eigenvalue weighted by molar-refractivity contribution is 0.263. The molecular formula is C14H27NS. The highest BCUT2D eigenvalue weighted by atomic mass is 32.2. The maximum atomic E-state index is 3.98. The minimum Gasteiger partial charge on any atom is -0.310 e. The topological polar surface area (TPSA) is 12.0 Å². The van der Waals surface area contributed by atoms with Gasteiger partial charge in [-0.25, -0.2) is 0 Å². The van der Waals surface area contributed by atoms with E-state index in [0.717, 1.165) is 17.3 Å². The minimum atomic E-state index is 0.532. The average Bonchev–Trinajstić information content (AvgIpc) is 2.77. The van der Waals surface area contributed by atoms with Crippen LogP contribution in [0.25, 0.3) is 0 Å². The zero-order chi connectivity index (χ0) is 11.6. The Morgan fingerprint density at radius 3 is 2.62 bits per heavy atom. The van der Waals surface area contributed by atoms with Crippen LogP contribution in [0.4, 0.5) is 0 Å². The van der Waals surface area contributed by atoms with Crippen LogP contribution in [0.5, 0.6) is 0 Å². The zero-order valence-electron chi connectivity index (χ0n) is 11.1. The van der Waals surface area contributed by atoms with Gasteiger partial charge in [0.25, 0.3) is 0 Å². The van der Waals surface area contributed by atoms with Crippen LogP contribution in [-0.2, 0) is 0 Å². The molecule has 0 aromatic carbocycles. The molecule has 1 nitrogen and oxygen atoms in total. The maximum absolute atomic E-state index is 3.98. The molecule has 2 rings (SSSR count). The van der Waals surface area contributed by atoms with Crippen LogP contribution in [-0.4, -0.2) is 23.1 Å². The Kier molecular flexibility index (Phi) is 4.23. The summed E-state index contributed by atoms with van der Waals surface area (Å²) in [6.45, 7) is 7.17. The summed E-state index contributed by atoms with van der Waals surface area (Å²) in [5, 5.41) is 4.87. The molecular weight excluding hydrogens is 214 g/mol. The Morgan fingerprint density at radius 1 is 1.19 bits per heavy atom. The fourth-order valence-electron chi connectivity index (χ4n) is 3.42. The average molecular weight is 241 g/mol. The van der Waals surface area contributed by atoms with Crippen LogP contribution in [0.3, 0.4) is 0 Å². The van der Waals surface area contributed by atoms with Crippen molar-refractivity contribution < 1.29 is 0 Å². The molecule has 0 amide bonds. The monoisotopic (exact) mass is 241 g/mol. The Balaban J connectivity index is 1.88. The predicted molar refractivity (Wildman–Crippen MR) is 74.1 cm³/mol. The van der Waals surface area contributed by atoms with Gasteiger partial charge in [-0.2, -0.15) is 11.8 Å². The van der Waals surface area contributed by atoms with E-state index in [1.54, 1.807) is 0 Å². The van der Waals surface area contributed by atoms with Gasteiger partial charge in [0.2, 0.25) is 0 Å². The summed E-state index contributed by atoms with van der Waals surface area (Å²) in [5.74, 6) is 1.27. The van der Waals surface area contributed by atoms with Crippen molar-refractivity contribution in [1.29, 1.82) is 0 Å². The van der Waals surface area contributed by atoms with Crippen LogP contribution in [0.15, 0.2) is 0 Å². The second-order valence-corrected chi connectivity index (χ2v) is 7.65. The van der Waals surface area contributed by atoms with Gasteiger partial charge in [0.1, 0.15) is 0 Å². The first kappa shape index (κ1) is 12.8. The SMILES string of the molecule is CCSC1CCCC1NC1CCCC1(C)C. The Labute approximate surface area is 105 Å². The van der Waals surface area contributed by atoms with Gasteiger partial charge < -0.3 is 5.32 Å². The first-order valence-electron chi connectivity index (χ1n) is 7.01. The highest BCUT2D eigenvalue weighted by molar-refractivity contribution is 7.99. The Hall–Kier alpha value is 0.310. The minimum absolute atomic E-state index is 0.532. The lowest BCUT2D eigenvalue weighted by Crippen LogP contribution is -2.46. The van der Waals surface area contributed by atoms with Crippen LogP contribution < -0.4 is 5.32 Å². The molecule has 2 aliphatic carbocycles. The molecule has 2 heteroatoms. The van der Waals surface area contributed by atoms with E-state index < -0.39 is 0 Å². The smallest absolute Gasteiger partial charge is 0.0201 e. The van der Waals surface area contributed by atoms with E-state index in [2.05, 4.69) is 37.8 Å². The molecule has 3 unspecified atom stereocenters. The quantitative estimate of drug-likeness (QED) is 0.803. The largest absolute Gasteiger partial charge is 0.310 e. The standard InChI is InChI=1S/C14H27NS/c1-4-16-12-8-5-7-11(12)15-13-9-6-10-14(13,2)3/h11-13,15H,4-10H2,1-3H3. The zero-order valence-corrected chi connectivity index (χ0v) is 11.9. The van der Waals surface area contributed by atoms with Crippen LogP contribution in [0.2, 0.25) is 0 Å². The Morgan fingerprint density at radius 2 is 2.00 bits per heavy atom. The molecule has 0 aromatic rings. The Bertz CT molecular complexity index is 227. The molecule has 0 radical (unpaired) electrons. The summed E-state index contributed by atoms with van der Waals surface area (Å²) in [4.78, 5) is 0. The maximum Gasteiger partial charge on any atom is 0.0201 e.